The number of nitrogens with zero attached hydrogens (tertiary/aromatic N) is 1. The standard InChI is InChI=1S/C7H11NO/c1-5-4-9-7(3)6(2)8-5/h4H2,1-3H3. The van der Waals surface area contributed by atoms with Crippen LogP contribution in [0.15, 0.2) is 16.4 Å². The minimum absolute atomic E-state index is 0.656. The maximum Gasteiger partial charge on any atom is 0.126 e. The summed E-state index contributed by atoms with van der Waals surface area (Å²) < 4.78 is 5.25. The lowest BCUT2D eigenvalue weighted by atomic mass is 10.3. The number of ether oxygens (including phenoxy) is 1. The van der Waals surface area contributed by atoms with Crippen molar-refractivity contribution >= 4 is 5.71 Å². The van der Waals surface area contributed by atoms with E-state index in [1.54, 1.807) is 0 Å². The zero-order valence-corrected chi connectivity index (χ0v) is 6.06. The summed E-state index contributed by atoms with van der Waals surface area (Å²) >= 11 is 0. The molecule has 1 aliphatic rings. The molecular weight excluding hydrogens is 114 g/mol. The van der Waals surface area contributed by atoms with E-state index < -0.39 is 0 Å². The van der Waals surface area contributed by atoms with Gasteiger partial charge in [0.2, 0.25) is 0 Å². The molecule has 50 valence electrons. The molecule has 0 aliphatic carbocycles. The van der Waals surface area contributed by atoms with Crippen molar-refractivity contribution in [1.29, 1.82) is 0 Å². The minimum Gasteiger partial charge on any atom is -0.490 e. The number of allylic oxidation sites excluding steroid dienone is 2. The molecule has 1 rings (SSSR count). The highest BCUT2D eigenvalue weighted by Crippen LogP contribution is 2.11. The first kappa shape index (κ1) is 6.33. The summed E-state index contributed by atoms with van der Waals surface area (Å²) in [7, 11) is 0. The van der Waals surface area contributed by atoms with Crippen LogP contribution in [0.3, 0.4) is 0 Å². The predicted octanol–water partition coefficient (Wildman–Crippen LogP) is 1.73. The van der Waals surface area contributed by atoms with Crippen molar-refractivity contribution in [2.75, 3.05) is 6.61 Å². The van der Waals surface area contributed by atoms with Crippen molar-refractivity contribution in [2.45, 2.75) is 20.8 Å². The second kappa shape index (κ2) is 2.21. The fourth-order valence-electron chi connectivity index (χ4n) is 0.714. The van der Waals surface area contributed by atoms with Gasteiger partial charge in [0, 0.05) is 0 Å². The molecule has 0 aromatic heterocycles. The molecule has 0 aromatic carbocycles. The molecule has 0 radical (unpaired) electrons. The van der Waals surface area contributed by atoms with Crippen molar-refractivity contribution in [3.8, 4) is 0 Å². The Balaban J connectivity index is 2.83. The molecule has 0 spiro atoms. The van der Waals surface area contributed by atoms with Crippen molar-refractivity contribution in [3.05, 3.63) is 11.5 Å². The second-order valence-corrected chi connectivity index (χ2v) is 2.28. The topological polar surface area (TPSA) is 21.6 Å². The van der Waals surface area contributed by atoms with Gasteiger partial charge in [-0.15, -0.1) is 0 Å². The van der Waals surface area contributed by atoms with Gasteiger partial charge in [0.15, 0.2) is 0 Å². The molecule has 0 saturated carbocycles. The van der Waals surface area contributed by atoms with Crippen molar-refractivity contribution in [3.63, 3.8) is 0 Å². The fourth-order valence-corrected chi connectivity index (χ4v) is 0.714. The van der Waals surface area contributed by atoms with Crippen LogP contribution < -0.4 is 0 Å². The Morgan fingerprint density at radius 3 is 2.44 bits per heavy atom. The molecule has 0 atom stereocenters. The second-order valence-electron chi connectivity index (χ2n) is 2.28. The predicted molar refractivity (Wildman–Crippen MR) is 37.4 cm³/mol. The maximum atomic E-state index is 5.25. The SMILES string of the molecule is CC1=NC(C)=C(C)OC1. The Morgan fingerprint density at radius 2 is 2.00 bits per heavy atom. The van der Waals surface area contributed by atoms with Crippen LogP contribution in [0.1, 0.15) is 20.8 Å². The first-order chi connectivity index (χ1) is 4.20. The van der Waals surface area contributed by atoms with Crippen LogP contribution in [-0.2, 0) is 4.74 Å². The Labute approximate surface area is 55.2 Å². The Hall–Kier alpha value is -0.790. The summed E-state index contributed by atoms with van der Waals surface area (Å²) in [5.74, 6) is 0.945. The summed E-state index contributed by atoms with van der Waals surface area (Å²) in [6.45, 7) is 6.52. The van der Waals surface area contributed by atoms with Gasteiger partial charge in [-0.2, -0.15) is 0 Å². The van der Waals surface area contributed by atoms with E-state index in [9.17, 15) is 0 Å². The van der Waals surface area contributed by atoms with E-state index in [2.05, 4.69) is 4.99 Å². The maximum absolute atomic E-state index is 5.25. The Bertz CT molecular complexity index is 179. The van der Waals surface area contributed by atoms with E-state index in [4.69, 9.17) is 4.74 Å². The van der Waals surface area contributed by atoms with Gasteiger partial charge >= 0.3 is 0 Å². The monoisotopic (exact) mass is 125 g/mol. The molecule has 0 aromatic rings. The fraction of sp³-hybridized carbons (Fsp3) is 0.571. The van der Waals surface area contributed by atoms with Crippen molar-refractivity contribution in [2.24, 2.45) is 4.99 Å². The van der Waals surface area contributed by atoms with Crippen molar-refractivity contribution in [1.82, 2.24) is 0 Å². The van der Waals surface area contributed by atoms with Crippen LogP contribution in [0.25, 0.3) is 0 Å². The zero-order chi connectivity index (χ0) is 6.85. The lowest BCUT2D eigenvalue weighted by molar-refractivity contribution is 0.250. The zero-order valence-electron chi connectivity index (χ0n) is 6.06. The van der Waals surface area contributed by atoms with E-state index in [-0.39, 0.29) is 0 Å². The van der Waals surface area contributed by atoms with E-state index >= 15 is 0 Å². The van der Waals surface area contributed by atoms with E-state index in [0.717, 1.165) is 17.2 Å². The van der Waals surface area contributed by atoms with Gasteiger partial charge < -0.3 is 4.74 Å². The number of rotatable bonds is 0. The molecule has 0 N–H and O–H groups in total. The van der Waals surface area contributed by atoms with Gasteiger partial charge in [0.25, 0.3) is 0 Å². The van der Waals surface area contributed by atoms with E-state index in [1.165, 1.54) is 0 Å². The molecule has 0 amide bonds. The van der Waals surface area contributed by atoms with E-state index in [0.29, 0.717) is 6.61 Å². The van der Waals surface area contributed by atoms with Gasteiger partial charge in [0.05, 0.1) is 11.4 Å². The average molecular weight is 125 g/mol. The third-order valence-corrected chi connectivity index (χ3v) is 1.37. The molecule has 1 aliphatic heterocycles. The quantitative estimate of drug-likeness (QED) is 0.483. The molecule has 0 bridgehead atoms. The molecule has 9 heavy (non-hydrogen) atoms. The number of hydrogen-bond donors (Lipinski definition) is 0. The first-order valence-electron chi connectivity index (χ1n) is 3.04. The van der Waals surface area contributed by atoms with Crippen molar-refractivity contribution < 1.29 is 4.74 Å². The van der Waals surface area contributed by atoms with Crippen LogP contribution in [0, 0.1) is 0 Å². The van der Waals surface area contributed by atoms with Crippen LogP contribution in [0.4, 0.5) is 0 Å². The summed E-state index contributed by atoms with van der Waals surface area (Å²) in [6, 6.07) is 0. The highest BCUT2D eigenvalue weighted by Gasteiger charge is 2.04. The van der Waals surface area contributed by atoms with Crippen LogP contribution in [0.2, 0.25) is 0 Å². The Morgan fingerprint density at radius 1 is 1.33 bits per heavy atom. The summed E-state index contributed by atoms with van der Waals surface area (Å²) in [4.78, 5) is 4.23. The molecule has 2 heteroatoms. The highest BCUT2D eigenvalue weighted by molar-refractivity contribution is 5.84. The van der Waals surface area contributed by atoms with Crippen LogP contribution in [0.5, 0.6) is 0 Å². The summed E-state index contributed by atoms with van der Waals surface area (Å²) in [6.07, 6.45) is 0. The van der Waals surface area contributed by atoms with E-state index in [1.807, 2.05) is 20.8 Å². The number of hydrogen-bond acceptors (Lipinski definition) is 2. The molecule has 0 unspecified atom stereocenters. The Kier molecular flexibility index (Phi) is 1.56. The minimum atomic E-state index is 0.656. The number of aliphatic imine (C=N–C) groups is 1. The van der Waals surface area contributed by atoms with Gasteiger partial charge in [-0.25, -0.2) is 0 Å². The lowest BCUT2D eigenvalue weighted by Crippen LogP contribution is -2.09. The van der Waals surface area contributed by atoms with Crippen LogP contribution >= 0.6 is 0 Å². The van der Waals surface area contributed by atoms with Crippen LogP contribution in [-0.4, -0.2) is 12.3 Å². The molecule has 2 nitrogen and oxygen atoms in total. The van der Waals surface area contributed by atoms with Gasteiger partial charge in [0.1, 0.15) is 12.4 Å². The summed E-state index contributed by atoms with van der Waals surface area (Å²) in [5, 5.41) is 0. The molecule has 1 heterocycles. The molecule has 0 fully saturated rings. The highest BCUT2D eigenvalue weighted by atomic mass is 16.5. The van der Waals surface area contributed by atoms with Gasteiger partial charge in [-0.05, 0) is 20.8 Å². The first-order valence-corrected chi connectivity index (χ1v) is 3.04. The largest absolute Gasteiger partial charge is 0.490 e. The molecular formula is C7H11NO. The smallest absolute Gasteiger partial charge is 0.126 e. The normalized spacial score (nSPS) is 19.2. The lowest BCUT2D eigenvalue weighted by Gasteiger charge is -2.12. The summed E-state index contributed by atoms with van der Waals surface area (Å²) in [5.41, 5.74) is 2.05. The third kappa shape index (κ3) is 1.31. The van der Waals surface area contributed by atoms with Gasteiger partial charge in [-0.3, -0.25) is 4.99 Å². The average Bonchev–Trinajstić information content (AvgIpc) is 1.80. The molecule has 0 saturated heterocycles. The van der Waals surface area contributed by atoms with Gasteiger partial charge in [-0.1, -0.05) is 0 Å². The third-order valence-electron chi connectivity index (χ3n) is 1.37.